The maximum atomic E-state index is 10.5. The summed E-state index contributed by atoms with van der Waals surface area (Å²) in [4.78, 5) is 10.5. The average Bonchev–Trinajstić information content (AvgIpc) is 1.85. The quantitative estimate of drug-likeness (QED) is 0.434. The van der Waals surface area contributed by atoms with Gasteiger partial charge in [0.2, 0.25) is 5.91 Å². The Kier molecular flexibility index (Phi) is 1.21. The molecule has 0 aromatic carbocycles. The fourth-order valence-electron chi connectivity index (χ4n) is 0.897. The monoisotopic (exact) mass is 114 g/mol. The van der Waals surface area contributed by atoms with E-state index in [-0.39, 0.29) is 18.0 Å². The molecule has 1 amide bonds. The van der Waals surface area contributed by atoms with Crippen molar-refractivity contribution in [1.82, 2.24) is 5.32 Å². The normalized spacial score (nSPS) is 37.5. The van der Waals surface area contributed by atoms with Crippen molar-refractivity contribution in [2.24, 2.45) is 5.73 Å². The minimum Gasteiger partial charge on any atom is -0.352 e. The summed E-state index contributed by atoms with van der Waals surface area (Å²) < 4.78 is 0. The molecule has 3 N–H and O–H groups in total. The lowest BCUT2D eigenvalue weighted by Gasteiger charge is -1.95. The van der Waals surface area contributed by atoms with Crippen LogP contribution in [0.2, 0.25) is 0 Å². The molecule has 0 saturated carbocycles. The summed E-state index contributed by atoms with van der Waals surface area (Å²) in [6.07, 6.45) is 0.777. The molecular formula is C5H10N2O. The van der Waals surface area contributed by atoms with Crippen LogP contribution in [0.1, 0.15) is 13.3 Å². The summed E-state index contributed by atoms with van der Waals surface area (Å²) >= 11 is 0. The molecule has 1 rings (SSSR count). The van der Waals surface area contributed by atoms with Crippen molar-refractivity contribution in [2.75, 3.05) is 0 Å². The molecule has 0 aromatic heterocycles. The van der Waals surface area contributed by atoms with Crippen molar-refractivity contribution in [3.05, 3.63) is 0 Å². The lowest BCUT2D eigenvalue weighted by Crippen LogP contribution is -2.30. The standard InChI is InChI=1S/C5H10N2O/c1-3-2-4(6)5(8)7-3/h3-4H,2,6H2,1H3,(H,7,8)/t3-,4+/m0/s1. The van der Waals surface area contributed by atoms with Gasteiger partial charge in [-0.3, -0.25) is 4.79 Å². The third-order valence-corrected chi connectivity index (χ3v) is 1.33. The second-order valence-electron chi connectivity index (χ2n) is 2.25. The summed E-state index contributed by atoms with van der Waals surface area (Å²) in [5.74, 6) is -0.0162. The van der Waals surface area contributed by atoms with E-state index in [1.165, 1.54) is 0 Å². The van der Waals surface area contributed by atoms with Crippen molar-refractivity contribution in [3.63, 3.8) is 0 Å². The zero-order valence-electron chi connectivity index (χ0n) is 4.85. The number of carbonyl (C=O) groups excluding carboxylic acids is 1. The van der Waals surface area contributed by atoms with E-state index in [9.17, 15) is 4.79 Å². The summed E-state index contributed by atoms with van der Waals surface area (Å²) in [7, 11) is 0. The molecule has 46 valence electrons. The summed E-state index contributed by atoms with van der Waals surface area (Å²) in [6.45, 7) is 1.95. The first-order chi connectivity index (χ1) is 3.70. The molecule has 1 saturated heterocycles. The van der Waals surface area contributed by atoms with Crippen molar-refractivity contribution < 1.29 is 4.79 Å². The Labute approximate surface area is 48.2 Å². The van der Waals surface area contributed by atoms with Gasteiger partial charge in [0.05, 0.1) is 6.04 Å². The van der Waals surface area contributed by atoms with Gasteiger partial charge in [-0.15, -0.1) is 0 Å². The van der Waals surface area contributed by atoms with Crippen molar-refractivity contribution in [3.8, 4) is 0 Å². The van der Waals surface area contributed by atoms with E-state index in [0.717, 1.165) is 6.42 Å². The number of hydrogen-bond donors (Lipinski definition) is 2. The maximum absolute atomic E-state index is 10.5. The highest BCUT2D eigenvalue weighted by Gasteiger charge is 2.24. The van der Waals surface area contributed by atoms with Crippen LogP contribution in [-0.4, -0.2) is 18.0 Å². The fourth-order valence-corrected chi connectivity index (χ4v) is 0.897. The summed E-state index contributed by atoms with van der Waals surface area (Å²) in [5, 5.41) is 2.70. The van der Waals surface area contributed by atoms with Gasteiger partial charge >= 0.3 is 0 Å². The third kappa shape index (κ3) is 0.816. The predicted octanol–water partition coefficient (Wildman–Crippen LogP) is -0.778. The minimum absolute atomic E-state index is 0.0162. The van der Waals surface area contributed by atoms with E-state index in [0.29, 0.717) is 0 Å². The van der Waals surface area contributed by atoms with Gasteiger partial charge in [0, 0.05) is 6.04 Å². The number of hydrogen-bond acceptors (Lipinski definition) is 2. The molecule has 3 heteroatoms. The molecule has 0 aliphatic carbocycles. The highest BCUT2D eigenvalue weighted by Crippen LogP contribution is 2.03. The maximum Gasteiger partial charge on any atom is 0.237 e. The van der Waals surface area contributed by atoms with E-state index < -0.39 is 0 Å². The first-order valence-corrected chi connectivity index (χ1v) is 2.76. The zero-order chi connectivity index (χ0) is 6.15. The zero-order valence-corrected chi connectivity index (χ0v) is 4.85. The van der Waals surface area contributed by atoms with Crippen molar-refractivity contribution >= 4 is 5.91 Å². The van der Waals surface area contributed by atoms with Crippen LogP contribution in [-0.2, 0) is 4.79 Å². The molecule has 0 radical (unpaired) electrons. The highest BCUT2D eigenvalue weighted by atomic mass is 16.2. The highest BCUT2D eigenvalue weighted by molar-refractivity contribution is 5.83. The van der Waals surface area contributed by atoms with Gasteiger partial charge in [-0.25, -0.2) is 0 Å². The van der Waals surface area contributed by atoms with Crippen LogP contribution in [0.5, 0.6) is 0 Å². The molecule has 0 spiro atoms. The Morgan fingerprint density at radius 2 is 2.50 bits per heavy atom. The van der Waals surface area contributed by atoms with Gasteiger partial charge in [-0.2, -0.15) is 0 Å². The number of nitrogens with one attached hydrogen (secondary N) is 1. The van der Waals surface area contributed by atoms with Crippen LogP contribution in [0, 0.1) is 0 Å². The summed E-state index contributed by atoms with van der Waals surface area (Å²) in [6, 6.07) is 0.0162. The van der Waals surface area contributed by atoms with Crippen LogP contribution in [0.15, 0.2) is 0 Å². The van der Waals surface area contributed by atoms with Gasteiger partial charge in [-0.1, -0.05) is 0 Å². The van der Waals surface area contributed by atoms with Crippen molar-refractivity contribution in [1.29, 1.82) is 0 Å². The lowest BCUT2D eigenvalue weighted by atomic mass is 10.2. The molecule has 1 heterocycles. The minimum atomic E-state index is -0.259. The molecule has 3 nitrogen and oxygen atoms in total. The van der Waals surface area contributed by atoms with Gasteiger partial charge < -0.3 is 11.1 Å². The largest absolute Gasteiger partial charge is 0.352 e. The smallest absolute Gasteiger partial charge is 0.237 e. The fraction of sp³-hybridized carbons (Fsp3) is 0.800. The molecule has 1 aliphatic rings. The van der Waals surface area contributed by atoms with E-state index in [1.54, 1.807) is 0 Å². The van der Waals surface area contributed by atoms with Crippen molar-refractivity contribution in [2.45, 2.75) is 25.4 Å². The number of carbonyl (C=O) groups is 1. The Bertz CT molecular complexity index is 113. The van der Waals surface area contributed by atoms with Crippen LogP contribution in [0.25, 0.3) is 0 Å². The van der Waals surface area contributed by atoms with Crippen LogP contribution < -0.4 is 11.1 Å². The van der Waals surface area contributed by atoms with E-state index in [4.69, 9.17) is 5.73 Å². The summed E-state index contributed by atoms with van der Waals surface area (Å²) in [5.41, 5.74) is 5.36. The van der Waals surface area contributed by atoms with E-state index >= 15 is 0 Å². The first kappa shape index (κ1) is 5.56. The third-order valence-electron chi connectivity index (χ3n) is 1.33. The Morgan fingerprint density at radius 1 is 1.88 bits per heavy atom. The molecule has 2 atom stereocenters. The molecule has 0 unspecified atom stereocenters. The lowest BCUT2D eigenvalue weighted by molar-refractivity contribution is -0.120. The predicted molar refractivity (Wildman–Crippen MR) is 30.2 cm³/mol. The number of rotatable bonds is 0. The first-order valence-electron chi connectivity index (χ1n) is 2.76. The van der Waals surface area contributed by atoms with Gasteiger partial charge in [-0.05, 0) is 13.3 Å². The Morgan fingerprint density at radius 3 is 2.62 bits per heavy atom. The van der Waals surface area contributed by atoms with E-state index in [1.807, 2.05) is 6.92 Å². The van der Waals surface area contributed by atoms with Gasteiger partial charge in [0.1, 0.15) is 0 Å². The Balaban J connectivity index is 2.51. The Hall–Kier alpha value is -0.570. The number of nitrogens with two attached hydrogens (primary N) is 1. The van der Waals surface area contributed by atoms with Gasteiger partial charge in [0.25, 0.3) is 0 Å². The molecule has 0 aromatic rings. The van der Waals surface area contributed by atoms with Crippen LogP contribution >= 0.6 is 0 Å². The average molecular weight is 114 g/mol. The molecular weight excluding hydrogens is 104 g/mol. The second-order valence-corrected chi connectivity index (χ2v) is 2.25. The molecule has 1 fully saturated rings. The second kappa shape index (κ2) is 1.74. The number of amides is 1. The van der Waals surface area contributed by atoms with Crippen LogP contribution in [0.3, 0.4) is 0 Å². The molecule has 1 aliphatic heterocycles. The topological polar surface area (TPSA) is 55.1 Å². The van der Waals surface area contributed by atoms with Crippen LogP contribution in [0.4, 0.5) is 0 Å². The van der Waals surface area contributed by atoms with Gasteiger partial charge in [0.15, 0.2) is 0 Å². The SMILES string of the molecule is C[C@H]1C[C@@H](N)C(=O)N1. The molecule has 8 heavy (non-hydrogen) atoms. The van der Waals surface area contributed by atoms with E-state index in [2.05, 4.69) is 5.32 Å². The molecule has 0 bridgehead atoms.